The fraction of sp³-hybridized carbons (Fsp3) is 0.391. The molecule has 2 heterocycles. The molecule has 0 unspecified atom stereocenters. The van der Waals surface area contributed by atoms with Crippen LogP contribution in [0.15, 0.2) is 36.5 Å². The van der Waals surface area contributed by atoms with Gasteiger partial charge in [0.2, 0.25) is 0 Å². The summed E-state index contributed by atoms with van der Waals surface area (Å²) < 4.78 is 12.2. The lowest BCUT2D eigenvalue weighted by Crippen LogP contribution is -2.28. The maximum absolute atomic E-state index is 12.8. The van der Waals surface area contributed by atoms with Gasteiger partial charge in [0.05, 0.1) is 24.3 Å². The number of methoxy groups -OCH3 is 1. The van der Waals surface area contributed by atoms with Crippen molar-refractivity contribution < 1.29 is 19.1 Å². The van der Waals surface area contributed by atoms with E-state index in [2.05, 4.69) is 15.4 Å². The molecule has 0 spiro atoms. The van der Waals surface area contributed by atoms with Gasteiger partial charge in [-0.1, -0.05) is 26.0 Å². The smallest absolute Gasteiger partial charge is 0.339 e. The Hall–Kier alpha value is -3.42. The second-order valence-electron chi connectivity index (χ2n) is 7.87. The number of hydrogen-bond donors (Lipinski definition) is 1. The van der Waals surface area contributed by atoms with Gasteiger partial charge < -0.3 is 14.8 Å². The van der Waals surface area contributed by atoms with Crippen molar-refractivity contribution in [1.29, 1.82) is 0 Å². The second-order valence-corrected chi connectivity index (χ2v) is 7.87. The Morgan fingerprint density at radius 3 is 2.61 bits per heavy atom. The highest BCUT2D eigenvalue weighted by molar-refractivity contribution is 6.03. The molecular weight excluding hydrogens is 396 g/mol. The minimum atomic E-state index is -0.575. The van der Waals surface area contributed by atoms with E-state index in [1.807, 2.05) is 52.0 Å². The van der Waals surface area contributed by atoms with Crippen molar-refractivity contribution in [3.63, 3.8) is 0 Å². The van der Waals surface area contributed by atoms with Gasteiger partial charge in [-0.05, 0) is 43.5 Å². The van der Waals surface area contributed by atoms with E-state index in [1.165, 1.54) is 0 Å². The van der Waals surface area contributed by atoms with Gasteiger partial charge in [-0.25, -0.2) is 14.5 Å². The first-order valence-electron chi connectivity index (χ1n) is 10.2. The summed E-state index contributed by atoms with van der Waals surface area (Å²) in [5.41, 5.74) is 2.65. The summed E-state index contributed by atoms with van der Waals surface area (Å²) in [4.78, 5) is 29.7. The number of carbonyl (C=O) groups excluding carboxylic acids is 2. The van der Waals surface area contributed by atoms with E-state index < -0.39 is 5.97 Å². The maximum Gasteiger partial charge on any atom is 0.339 e. The third-order valence-corrected chi connectivity index (χ3v) is 4.85. The number of nitrogens with zero attached hydrogens (tertiary/aromatic N) is 3. The lowest BCUT2D eigenvalue weighted by atomic mass is 10.1. The molecule has 0 saturated heterocycles. The van der Waals surface area contributed by atoms with Crippen LogP contribution in [-0.4, -0.2) is 40.4 Å². The third kappa shape index (κ3) is 5.20. The molecule has 1 aromatic carbocycles. The van der Waals surface area contributed by atoms with E-state index >= 15 is 0 Å². The third-order valence-electron chi connectivity index (χ3n) is 4.85. The first kappa shape index (κ1) is 22.3. The van der Waals surface area contributed by atoms with Crippen molar-refractivity contribution in [2.75, 3.05) is 13.7 Å². The van der Waals surface area contributed by atoms with Crippen LogP contribution in [0.25, 0.3) is 11.0 Å². The Balaban J connectivity index is 1.70. The molecule has 164 valence electrons. The quantitative estimate of drug-likeness (QED) is 0.555. The molecule has 0 aliphatic heterocycles. The maximum atomic E-state index is 12.8. The van der Waals surface area contributed by atoms with Crippen LogP contribution in [0.4, 0.5) is 0 Å². The lowest BCUT2D eigenvalue weighted by molar-refractivity contribution is -0.124. The topological polar surface area (TPSA) is 95.3 Å². The molecule has 8 heteroatoms. The SMILES string of the molecule is COc1cccc(CNC(=O)COC(=O)c2cc(C(C)C)nc3c2cnn3C(C)C)c1. The molecule has 3 rings (SSSR count). The monoisotopic (exact) mass is 424 g/mol. The van der Waals surface area contributed by atoms with E-state index in [4.69, 9.17) is 9.47 Å². The summed E-state index contributed by atoms with van der Waals surface area (Å²) in [7, 11) is 1.59. The van der Waals surface area contributed by atoms with Crippen LogP contribution in [0.2, 0.25) is 0 Å². The van der Waals surface area contributed by atoms with Crippen molar-refractivity contribution >= 4 is 22.9 Å². The number of esters is 1. The summed E-state index contributed by atoms with van der Waals surface area (Å²) in [5, 5.41) is 7.72. The molecule has 0 bridgehead atoms. The minimum Gasteiger partial charge on any atom is -0.497 e. The summed E-state index contributed by atoms with van der Waals surface area (Å²) >= 11 is 0. The molecule has 31 heavy (non-hydrogen) atoms. The van der Waals surface area contributed by atoms with Gasteiger partial charge in [-0.15, -0.1) is 0 Å². The van der Waals surface area contributed by atoms with Crippen LogP contribution in [0.1, 0.15) is 61.3 Å². The molecule has 3 aromatic rings. The van der Waals surface area contributed by atoms with Crippen LogP contribution in [0.3, 0.4) is 0 Å². The van der Waals surface area contributed by atoms with Crippen molar-refractivity contribution in [2.45, 2.75) is 46.2 Å². The fourth-order valence-corrected chi connectivity index (χ4v) is 3.12. The average molecular weight is 425 g/mol. The highest BCUT2D eigenvalue weighted by Gasteiger charge is 2.20. The number of carbonyl (C=O) groups is 2. The largest absolute Gasteiger partial charge is 0.497 e. The molecule has 0 atom stereocenters. The van der Waals surface area contributed by atoms with Crippen LogP contribution >= 0.6 is 0 Å². The normalized spacial score (nSPS) is 11.2. The predicted molar refractivity (Wildman–Crippen MR) is 117 cm³/mol. The van der Waals surface area contributed by atoms with Gasteiger partial charge in [0.15, 0.2) is 12.3 Å². The van der Waals surface area contributed by atoms with Gasteiger partial charge in [0.1, 0.15) is 5.75 Å². The Morgan fingerprint density at radius 1 is 1.16 bits per heavy atom. The summed E-state index contributed by atoms with van der Waals surface area (Å²) in [6, 6.07) is 9.20. The summed E-state index contributed by atoms with van der Waals surface area (Å²) in [6.45, 7) is 7.95. The van der Waals surface area contributed by atoms with E-state index in [9.17, 15) is 9.59 Å². The molecule has 8 nitrogen and oxygen atoms in total. The van der Waals surface area contributed by atoms with Gasteiger partial charge >= 0.3 is 5.97 Å². The highest BCUT2D eigenvalue weighted by atomic mass is 16.5. The number of ether oxygens (including phenoxy) is 2. The summed E-state index contributed by atoms with van der Waals surface area (Å²) in [6.07, 6.45) is 1.62. The molecule has 0 fully saturated rings. The van der Waals surface area contributed by atoms with E-state index in [0.29, 0.717) is 28.9 Å². The molecule has 0 aliphatic carbocycles. The number of fused-ring (bicyclic) bond motifs is 1. The predicted octanol–water partition coefficient (Wildman–Crippen LogP) is 3.62. The van der Waals surface area contributed by atoms with Gasteiger partial charge in [0.25, 0.3) is 5.91 Å². The number of benzene rings is 1. The van der Waals surface area contributed by atoms with E-state index in [1.54, 1.807) is 24.1 Å². The van der Waals surface area contributed by atoms with Gasteiger partial charge in [-0.2, -0.15) is 5.10 Å². The van der Waals surface area contributed by atoms with E-state index in [0.717, 1.165) is 11.3 Å². The number of amides is 1. The highest BCUT2D eigenvalue weighted by Crippen LogP contribution is 2.25. The Bertz CT molecular complexity index is 1090. The zero-order valence-corrected chi connectivity index (χ0v) is 18.5. The average Bonchev–Trinajstić information content (AvgIpc) is 3.19. The van der Waals surface area contributed by atoms with Crippen LogP contribution in [0.5, 0.6) is 5.75 Å². The molecule has 1 amide bonds. The Morgan fingerprint density at radius 2 is 1.94 bits per heavy atom. The molecule has 0 radical (unpaired) electrons. The van der Waals surface area contributed by atoms with Crippen molar-refractivity contribution in [1.82, 2.24) is 20.1 Å². The number of rotatable bonds is 8. The number of nitrogens with one attached hydrogen (secondary N) is 1. The standard InChI is InChI=1S/C23H28N4O4/c1-14(2)20-10-18(19-12-25-27(15(3)4)22(19)26-20)23(29)31-13-21(28)24-11-16-7-6-8-17(9-16)30-5/h6-10,12,14-15H,11,13H2,1-5H3,(H,24,28). The number of hydrogen-bond acceptors (Lipinski definition) is 6. The lowest BCUT2D eigenvalue weighted by Gasteiger charge is -2.12. The zero-order chi connectivity index (χ0) is 22.5. The van der Waals surface area contributed by atoms with Crippen molar-refractivity contribution in [3.05, 3.63) is 53.3 Å². The number of aromatic nitrogens is 3. The van der Waals surface area contributed by atoms with Crippen LogP contribution in [-0.2, 0) is 16.1 Å². The van der Waals surface area contributed by atoms with Crippen LogP contribution < -0.4 is 10.1 Å². The van der Waals surface area contributed by atoms with Crippen molar-refractivity contribution in [3.8, 4) is 5.75 Å². The van der Waals surface area contributed by atoms with Gasteiger partial charge in [0, 0.05) is 18.3 Å². The van der Waals surface area contributed by atoms with Crippen molar-refractivity contribution in [2.24, 2.45) is 0 Å². The van der Waals surface area contributed by atoms with Gasteiger partial charge in [-0.3, -0.25) is 4.79 Å². The molecule has 1 N–H and O–H groups in total. The number of pyridine rings is 1. The minimum absolute atomic E-state index is 0.0960. The first-order chi connectivity index (χ1) is 14.8. The first-order valence-corrected chi connectivity index (χ1v) is 10.2. The Labute approximate surface area is 181 Å². The second kappa shape index (κ2) is 9.59. The van der Waals surface area contributed by atoms with E-state index in [-0.39, 0.29) is 24.5 Å². The zero-order valence-electron chi connectivity index (χ0n) is 18.5. The summed E-state index contributed by atoms with van der Waals surface area (Å²) in [5.74, 6) is -0.127. The molecular formula is C23H28N4O4. The molecule has 0 aliphatic rings. The van der Waals surface area contributed by atoms with Crippen LogP contribution in [0, 0.1) is 0 Å². The molecule has 0 saturated carbocycles. The fourth-order valence-electron chi connectivity index (χ4n) is 3.12. The molecule has 2 aromatic heterocycles. The Kier molecular flexibility index (Phi) is 6.89.